The monoisotopic (exact) mass is 299 g/mol. The molecule has 0 bridgehead atoms. The molecule has 0 aliphatic rings. The number of nitrogens with zero attached hydrogens (tertiary/aromatic N) is 1. The maximum atomic E-state index is 12.3. The van der Waals surface area contributed by atoms with Gasteiger partial charge in [0.2, 0.25) is 10.0 Å². The van der Waals surface area contributed by atoms with E-state index in [2.05, 4.69) is 13.8 Å². The first kappa shape index (κ1) is 16.7. The Balaban J connectivity index is 3.01. The van der Waals surface area contributed by atoms with E-state index in [1.165, 1.54) is 26.1 Å². The van der Waals surface area contributed by atoms with Crippen LogP contribution in [0.4, 0.5) is 0 Å². The Morgan fingerprint density at radius 1 is 1.20 bits per heavy atom. The molecule has 0 spiro atoms. The van der Waals surface area contributed by atoms with E-state index in [4.69, 9.17) is 5.11 Å². The second kappa shape index (κ2) is 6.37. The number of hydrogen-bond acceptors (Lipinski definition) is 3. The van der Waals surface area contributed by atoms with Crippen molar-refractivity contribution >= 4 is 16.0 Å². The first-order chi connectivity index (χ1) is 9.16. The lowest BCUT2D eigenvalue weighted by Crippen LogP contribution is -2.40. The number of benzene rings is 1. The van der Waals surface area contributed by atoms with E-state index in [0.717, 1.165) is 16.3 Å². The number of carboxylic acid groups (broad SMARTS) is 1. The number of sulfonamides is 1. The Morgan fingerprint density at radius 3 is 2.10 bits per heavy atom. The van der Waals surface area contributed by atoms with Gasteiger partial charge in [-0.15, -0.1) is 0 Å². The molecule has 1 atom stereocenters. The van der Waals surface area contributed by atoms with Crippen LogP contribution >= 0.6 is 0 Å². The minimum atomic E-state index is -3.78. The van der Waals surface area contributed by atoms with Gasteiger partial charge in [0.1, 0.15) is 6.04 Å². The van der Waals surface area contributed by atoms with Gasteiger partial charge < -0.3 is 5.11 Å². The summed E-state index contributed by atoms with van der Waals surface area (Å²) in [5.41, 5.74) is 1.06. The lowest BCUT2D eigenvalue weighted by atomic mass is 10.0. The van der Waals surface area contributed by atoms with Crippen LogP contribution in [0.15, 0.2) is 29.2 Å². The van der Waals surface area contributed by atoms with E-state index in [9.17, 15) is 13.2 Å². The maximum absolute atomic E-state index is 12.3. The summed E-state index contributed by atoms with van der Waals surface area (Å²) in [7, 11) is -2.50. The van der Waals surface area contributed by atoms with Crippen LogP contribution in [0.3, 0.4) is 0 Å². The zero-order valence-electron chi connectivity index (χ0n) is 12.2. The SMILES string of the molecule is CC(C)Cc1ccc(S(=O)(=O)N(C)C(C)C(=O)O)cc1. The third kappa shape index (κ3) is 3.80. The smallest absolute Gasteiger partial charge is 0.321 e. The van der Waals surface area contributed by atoms with Crippen LogP contribution in [0.5, 0.6) is 0 Å². The van der Waals surface area contributed by atoms with Gasteiger partial charge in [-0.1, -0.05) is 26.0 Å². The second-order valence-electron chi connectivity index (χ2n) is 5.28. The number of carbonyl (C=O) groups is 1. The third-order valence-corrected chi connectivity index (χ3v) is 5.09. The standard InChI is InChI=1S/C14H21NO4S/c1-10(2)9-12-5-7-13(8-6-12)20(18,19)15(4)11(3)14(16)17/h5-8,10-11H,9H2,1-4H3,(H,16,17). The van der Waals surface area contributed by atoms with Crippen molar-refractivity contribution in [3.05, 3.63) is 29.8 Å². The Hall–Kier alpha value is -1.40. The fourth-order valence-electron chi connectivity index (χ4n) is 1.80. The van der Waals surface area contributed by atoms with Crippen molar-refractivity contribution in [2.24, 2.45) is 5.92 Å². The number of likely N-dealkylation sites (N-methyl/N-ethyl adjacent to an activating group) is 1. The lowest BCUT2D eigenvalue weighted by molar-refractivity contribution is -0.140. The Morgan fingerprint density at radius 2 is 1.70 bits per heavy atom. The normalized spacial score (nSPS) is 13.7. The molecule has 5 nitrogen and oxygen atoms in total. The van der Waals surface area contributed by atoms with Crippen molar-refractivity contribution in [2.75, 3.05) is 7.05 Å². The molecule has 1 unspecified atom stereocenters. The second-order valence-corrected chi connectivity index (χ2v) is 7.27. The van der Waals surface area contributed by atoms with E-state index in [1.807, 2.05) is 0 Å². The van der Waals surface area contributed by atoms with Crippen molar-refractivity contribution in [1.29, 1.82) is 0 Å². The van der Waals surface area contributed by atoms with Gasteiger partial charge in [0.05, 0.1) is 4.90 Å². The zero-order valence-corrected chi connectivity index (χ0v) is 13.0. The summed E-state index contributed by atoms with van der Waals surface area (Å²) < 4.78 is 25.4. The third-order valence-electron chi connectivity index (χ3n) is 3.15. The molecular formula is C14H21NO4S. The van der Waals surface area contributed by atoms with Gasteiger partial charge >= 0.3 is 5.97 Å². The zero-order chi connectivity index (χ0) is 15.5. The van der Waals surface area contributed by atoms with Crippen LogP contribution in [0.1, 0.15) is 26.3 Å². The molecular weight excluding hydrogens is 278 g/mol. The number of rotatable bonds is 6. The van der Waals surface area contributed by atoms with Crippen molar-refractivity contribution in [1.82, 2.24) is 4.31 Å². The summed E-state index contributed by atoms with van der Waals surface area (Å²) in [6.07, 6.45) is 0.877. The van der Waals surface area contributed by atoms with Gasteiger partial charge in [-0.05, 0) is 37.0 Å². The summed E-state index contributed by atoms with van der Waals surface area (Å²) in [5.74, 6) is -0.681. The van der Waals surface area contributed by atoms with Gasteiger partial charge in [0.15, 0.2) is 0 Å². The maximum Gasteiger partial charge on any atom is 0.321 e. The molecule has 0 saturated heterocycles. The van der Waals surface area contributed by atoms with Crippen LogP contribution in [-0.4, -0.2) is 36.9 Å². The molecule has 0 aliphatic heterocycles. The fourth-order valence-corrected chi connectivity index (χ4v) is 3.12. The Bertz CT molecular complexity index is 563. The molecule has 0 saturated carbocycles. The van der Waals surface area contributed by atoms with Crippen LogP contribution < -0.4 is 0 Å². The fraction of sp³-hybridized carbons (Fsp3) is 0.500. The van der Waals surface area contributed by atoms with Crippen LogP contribution in [-0.2, 0) is 21.2 Å². The van der Waals surface area contributed by atoms with Crippen molar-refractivity contribution in [2.45, 2.75) is 38.1 Å². The van der Waals surface area contributed by atoms with Gasteiger partial charge in [0, 0.05) is 7.05 Å². The highest BCUT2D eigenvalue weighted by Crippen LogP contribution is 2.18. The van der Waals surface area contributed by atoms with Gasteiger partial charge in [-0.3, -0.25) is 4.79 Å². The molecule has 20 heavy (non-hydrogen) atoms. The van der Waals surface area contributed by atoms with E-state index in [0.29, 0.717) is 5.92 Å². The predicted molar refractivity (Wildman–Crippen MR) is 77.0 cm³/mol. The highest BCUT2D eigenvalue weighted by molar-refractivity contribution is 7.89. The molecule has 1 aromatic carbocycles. The highest BCUT2D eigenvalue weighted by atomic mass is 32.2. The number of hydrogen-bond donors (Lipinski definition) is 1. The van der Waals surface area contributed by atoms with Crippen molar-refractivity contribution < 1.29 is 18.3 Å². The molecule has 1 aromatic rings. The first-order valence-corrected chi connectivity index (χ1v) is 7.90. The van der Waals surface area contributed by atoms with E-state index in [-0.39, 0.29) is 4.90 Å². The first-order valence-electron chi connectivity index (χ1n) is 6.46. The average molecular weight is 299 g/mol. The molecule has 0 aliphatic carbocycles. The highest BCUT2D eigenvalue weighted by Gasteiger charge is 2.29. The van der Waals surface area contributed by atoms with E-state index < -0.39 is 22.0 Å². The molecule has 0 amide bonds. The largest absolute Gasteiger partial charge is 0.480 e. The van der Waals surface area contributed by atoms with Crippen LogP contribution in [0.2, 0.25) is 0 Å². The summed E-state index contributed by atoms with van der Waals surface area (Å²) in [6, 6.07) is 5.49. The summed E-state index contributed by atoms with van der Waals surface area (Å²) in [5, 5.41) is 8.90. The summed E-state index contributed by atoms with van der Waals surface area (Å²) in [6.45, 7) is 5.52. The molecule has 112 valence electrons. The van der Waals surface area contributed by atoms with Crippen molar-refractivity contribution in [3.8, 4) is 0 Å². The minimum absolute atomic E-state index is 0.112. The van der Waals surface area contributed by atoms with Crippen LogP contribution in [0, 0.1) is 5.92 Å². The number of carboxylic acids is 1. The molecule has 0 aromatic heterocycles. The molecule has 6 heteroatoms. The minimum Gasteiger partial charge on any atom is -0.480 e. The predicted octanol–water partition coefficient (Wildman–Crippen LogP) is 1.98. The van der Waals surface area contributed by atoms with Gasteiger partial charge in [-0.2, -0.15) is 4.31 Å². The average Bonchev–Trinajstić information content (AvgIpc) is 2.36. The van der Waals surface area contributed by atoms with E-state index in [1.54, 1.807) is 12.1 Å². The molecule has 1 rings (SSSR count). The Kier molecular flexibility index (Phi) is 5.30. The van der Waals surface area contributed by atoms with E-state index >= 15 is 0 Å². The quantitative estimate of drug-likeness (QED) is 0.871. The molecule has 0 fully saturated rings. The molecule has 0 radical (unpaired) electrons. The summed E-state index contributed by atoms with van der Waals surface area (Å²) in [4.78, 5) is 11.0. The lowest BCUT2D eigenvalue weighted by Gasteiger charge is -2.21. The topological polar surface area (TPSA) is 74.7 Å². The number of aliphatic carboxylic acids is 1. The van der Waals surface area contributed by atoms with Crippen molar-refractivity contribution in [3.63, 3.8) is 0 Å². The molecule has 1 N–H and O–H groups in total. The van der Waals surface area contributed by atoms with Gasteiger partial charge in [0.25, 0.3) is 0 Å². The van der Waals surface area contributed by atoms with Crippen LogP contribution in [0.25, 0.3) is 0 Å². The van der Waals surface area contributed by atoms with Gasteiger partial charge in [-0.25, -0.2) is 8.42 Å². The Labute approximate surface area is 120 Å². The molecule has 0 heterocycles. The summed E-state index contributed by atoms with van der Waals surface area (Å²) >= 11 is 0.